The number of urea groups is 1. The van der Waals surface area contributed by atoms with Crippen LogP contribution < -0.4 is 5.32 Å². The zero-order valence-electron chi connectivity index (χ0n) is 16.3. The van der Waals surface area contributed by atoms with E-state index in [1.165, 1.54) is 22.8 Å². The Bertz CT molecular complexity index is 914. The molecular formula is C18H25N5O3S2. The fourth-order valence-electron chi connectivity index (χ4n) is 2.79. The maximum absolute atomic E-state index is 12.6. The van der Waals surface area contributed by atoms with Crippen molar-refractivity contribution in [3.63, 3.8) is 0 Å². The molecule has 0 saturated carbocycles. The molecule has 1 fully saturated rings. The molecule has 28 heavy (non-hydrogen) atoms. The Kier molecular flexibility index (Phi) is 6.01. The lowest BCUT2D eigenvalue weighted by atomic mass is 9.98. The van der Waals surface area contributed by atoms with Gasteiger partial charge in [-0.15, -0.1) is 11.3 Å². The van der Waals surface area contributed by atoms with Gasteiger partial charge in [0.15, 0.2) is 0 Å². The van der Waals surface area contributed by atoms with Crippen molar-refractivity contribution in [3.8, 4) is 0 Å². The van der Waals surface area contributed by atoms with Crippen molar-refractivity contribution in [3.05, 3.63) is 40.6 Å². The number of nitrogens with one attached hydrogen (secondary N) is 1. The Labute approximate surface area is 169 Å². The summed E-state index contributed by atoms with van der Waals surface area (Å²) in [6.07, 6.45) is 2.88. The first-order valence-electron chi connectivity index (χ1n) is 9.06. The SMILES string of the molecule is CC(C)(C)c1nc(CNC(=O)N2CCN(S(=O)(=O)c3cccnc3)CC2)cs1. The number of piperazine rings is 1. The largest absolute Gasteiger partial charge is 0.332 e. The first-order chi connectivity index (χ1) is 13.2. The third-order valence-electron chi connectivity index (χ3n) is 4.41. The Balaban J connectivity index is 1.52. The quantitative estimate of drug-likeness (QED) is 0.812. The molecule has 2 aromatic rings. The van der Waals surface area contributed by atoms with Crippen molar-refractivity contribution < 1.29 is 13.2 Å². The van der Waals surface area contributed by atoms with Gasteiger partial charge in [-0.2, -0.15) is 4.31 Å². The van der Waals surface area contributed by atoms with Crippen molar-refractivity contribution in [1.29, 1.82) is 0 Å². The molecule has 0 atom stereocenters. The Hall–Kier alpha value is -2.04. The van der Waals surface area contributed by atoms with Gasteiger partial charge in [0.25, 0.3) is 0 Å². The summed E-state index contributed by atoms with van der Waals surface area (Å²) in [6.45, 7) is 7.88. The minimum Gasteiger partial charge on any atom is -0.332 e. The van der Waals surface area contributed by atoms with Crippen LogP contribution in [0.15, 0.2) is 34.8 Å². The molecule has 1 N–H and O–H groups in total. The summed E-state index contributed by atoms with van der Waals surface area (Å²) in [7, 11) is -3.57. The van der Waals surface area contributed by atoms with E-state index in [2.05, 4.69) is 36.1 Å². The van der Waals surface area contributed by atoms with Crippen molar-refractivity contribution in [2.45, 2.75) is 37.6 Å². The number of aromatic nitrogens is 2. The minimum absolute atomic E-state index is 0.0109. The summed E-state index contributed by atoms with van der Waals surface area (Å²) in [5.74, 6) is 0. The first-order valence-corrected chi connectivity index (χ1v) is 11.4. The number of hydrogen-bond acceptors (Lipinski definition) is 6. The van der Waals surface area contributed by atoms with Crippen LogP contribution >= 0.6 is 11.3 Å². The number of rotatable bonds is 4. The fourth-order valence-corrected chi connectivity index (χ4v) is 5.08. The third-order valence-corrected chi connectivity index (χ3v) is 7.61. The van der Waals surface area contributed by atoms with Gasteiger partial charge in [-0.05, 0) is 12.1 Å². The topological polar surface area (TPSA) is 95.5 Å². The summed E-state index contributed by atoms with van der Waals surface area (Å²) >= 11 is 1.59. The van der Waals surface area contributed by atoms with Gasteiger partial charge in [0.2, 0.25) is 10.0 Å². The van der Waals surface area contributed by atoms with E-state index in [0.29, 0.717) is 19.6 Å². The molecule has 0 bridgehead atoms. The number of amides is 2. The van der Waals surface area contributed by atoms with Gasteiger partial charge in [0, 0.05) is 49.4 Å². The summed E-state index contributed by atoms with van der Waals surface area (Å²) < 4.78 is 26.6. The number of carbonyl (C=O) groups is 1. The fraction of sp³-hybridized carbons (Fsp3) is 0.500. The minimum atomic E-state index is -3.57. The van der Waals surface area contributed by atoms with E-state index in [9.17, 15) is 13.2 Å². The monoisotopic (exact) mass is 423 g/mol. The molecule has 0 aliphatic carbocycles. The second kappa shape index (κ2) is 8.14. The molecule has 0 unspecified atom stereocenters. The molecule has 3 heterocycles. The molecule has 10 heteroatoms. The average molecular weight is 424 g/mol. The van der Waals surface area contributed by atoms with Crippen LogP contribution in [0.25, 0.3) is 0 Å². The predicted octanol–water partition coefficient (Wildman–Crippen LogP) is 2.05. The zero-order valence-corrected chi connectivity index (χ0v) is 17.9. The molecule has 0 spiro atoms. The number of pyridine rings is 1. The molecule has 2 amide bonds. The third kappa shape index (κ3) is 4.68. The molecular weight excluding hydrogens is 398 g/mol. The van der Waals surface area contributed by atoms with Crippen LogP contribution in [-0.2, 0) is 22.0 Å². The molecule has 2 aromatic heterocycles. The van der Waals surface area contributed by atoms with Gasteiger partial charge >= 0.3 is 6.03 Å². The smallest absolute Gasteiger partial charge is 0.317 e. The molecule has 0 radical (unpaired) electrons. The van der Waals surface area contributed by atoms with Crippen LogP contribution in [0.3, 0.4) is 0 Å². The molecule has 8 nitrogen and oxygen atoms in total. The Morgan fingerprint density at radius 1 is 1.25 bits per heavy atom. The van der Waals surface area contributed by atoms with E-state index < -0.39 is 10.0 Å². The lowest BCUT2D eigenvalue weighted by Gasteiger charge is -2.33. The van der Waals surface area contributed by atoms with Crippen LogP contribution in [-0.4, -0.2) is 59.8 Å². The van der Waals surface area contributed by atoms with E-state index >= 15 is 0 Å². The van der Waals surface area contributed by atoms with E-state index in [4.69, 9.17) is 0 Å². The van der Waals surface area contributed by atoms with Crippen molar-refractivity contribution in [2.75, 3.05) is 26.2 Å². The molecule has 1 aliphatic heterocycles. The standard InChI is InChI=1S/C18H25N5O3S2/c1-18(2,3)16-21-14(13-27-16)11-20-17(24)22-7-9-23(10-8-22)28(25,26)15-5-4-6-19-12-15/h4-6,12-13H,7-11H2,1-3H3,(H,20,24). The van der Waals surface area contributed by atoms with E-state index in [1.54, 1.807) is 22.3 Å². The van der Waals surface area contributed by atoms with Crippen LogP contribution in [0.5, 0.6) is 0 Å². The molecule has 3 rings (SSSR count). The summed E-state index contributed by atoms with van der Waals surface area (Å²) in [4.78, 5) is 22.7. The van der Waals surface area contributed by atoms with Crippen molar-refractivity contribution in [1.82, 2.24) is 24.5 Å². The van der Waals surface area contributed by atoms with Gasteiger partial charge in [-0.25, -0.2) is 18.2 Å². The Morgan fingerprint density at radius 2 is 1.96 bits per heavy atom. The maximum atomic E-state index is 12.6. The highest BCUT2D eigenvalue weighted by atomic mass is 32.2. The number of sulfonamides is 1. The van der Waals surface area contributed by atoms with E-state index in [1.807, 2.05) is 5.38 Å². The number of carbonyl (C=O) groups excluding carboxylic acids is 1. The lowest BCUT2D eigenvalue weighted by Crippen LogP contribution is -2.52. The Morgan fingerprint density at radius 3 is 2.54 bits per heavy atom. The second-order valence-electron chi connectivity index (χ2n) is 7.63. The summed E-state index contributed by atoms with van der Waals surface area (Å²) in [6, 6.07) is 2.92. The number of hydrogen-bond donors (Lipinski definition) is 1. The van der Waals surface area contributed by atoms with Crippen LogP contribution in [0.4, 0.5) is 4.79 Å². The normalized spacial score (nSPS) is 16.2. The molecule has 152 valence electrons. The second-order valence-corrected chi connectivity index (χ2v) is 10.4. The van der Waals surface area contributed by atoms with E-state index in [-0.39, 0.29) is 29.4 Å². The zero-order chi connectivity index (χ0) is 20.4. The van der Waals surface area contributed by atoms with Gasteiger partial charge in [-0.3, -0.25) is 4.98 Å². The van der Waals surface area contributed by atoms with Crippen LogP contribution in [0.1, 0.15) is 31.5 Å². The number of thiazole rings is 1. The van der Waals surface area contributed by atoms with Gasteiger partial charge in [0.1, 0.15) is 4.90 Å². The van der Waals surface area contributed by atoms with Gasteiger partial charge in [0.05, 0.1) is 17.2 Å². The highest BCUT2D eigenvalue weighted by Crippen LogP contribution is 2.25. The molecule has 1 aliphatic rings. The highest BCUT2D eigenvalue weighted by molar-refractivity contribution is 7.89. The maximum Gasteiger partial charge on any atom is 0.317 e. The molecule has 0 aromatic carbocycles. The summed E-state index contributed by atoms with van der Waals surface area (Å²) in [5.41, 5.74) is 0.823. The predicted molar refractivity (Wildman–Crippen MR) is 108 cm³/mol. The van der Waals surface area contributed by atoms with E-state index in [0.717, 1.165) is 10.7 Å². The highest BCUT2D eigenvalue weighted by Gasteiger charge is 2.30. The van der Waals surface area contributed by atoms with Crippen molar-refractivity contribution in [2.24, 2.45) is 0 Å². The van der Waals surface area contributed by atoms with Gasteiger partial charge < -0.3 is 10.2 Å². The van der Waals surface area contributed by atoms with Crippen LogP contribution in [0, 0.1) is 0 Å². The van der Waals surface area contributed by atoms with Crippen molar-refractivity contribution >= 4 is 27.4 Å². The number of nitrogens with zero attached hydrogens (tertiary/aromatic N) is 4. The van der Waals surface area contributed by atoms with Crippen LogP contribution in [0.2, 0.25) is 0 Å². The van der Waals surface area contributed by atoms with Gasteiger partial charge in [-0.1, -0.05) is 20.8 Å². The lowest BCUT2D eigenvalue weighted by molar-refractivity contribution is 0.172. The average Bonchev–Trinajstić information content (AvgIpc) is 3.16. The summed E-state index contributed by atoms with van der Waals surface area (Å²) in [5, 5.41) is 5.86. The first kappa shape index (κ1) is 20.7. The molecule has 1 saturated heterocycles.